The number of hydrogen-bond acceptors (Lipinski definition) is 6. The van der Waals surface area contributed by atoms with Crippen LogP contribution >= 0.6 is 11.8 Å². The SMILES string of the molecule is CCN(CC)c1ccc(C2OCC3(CO2)SC2=NC[NH+](C)CN2C3=O)cc1. The zero-order valence-electron chi connectivity index (χ0n) is 16.1. The van der Waals surface area contributed by atoms with E-state index in [-0.39, 0.29) is 5.91 Å². The quantitative estimate of drug-likeness (QED) is 0.819. The van der Waals surface area contributed by atoms with Crippen LogP contribution in [0.5, 0.6) is 0 Å². The first-order valence-electron chi connectivity index (χ1n) is 9.51. The predicted molar refractivity (Wildman–Crippen MR) is 106 cm³/mol. The van der Waals surface area contributed by atoms with Crippen LogP contribution in [0.4, 0.5) is 5.69 Å². The molecule has 27 heavy (non-hydrogen) atoms. The minimum atomic E-state index is -0.693. The number of hydrogen-bond donors (Lipinski definition) is 1. The third-order valence-corrected chi connectivity index (χ3v) is 6.63. The van der Waals surface area contributed by atoms with Crippen molar-refractivity contribution >= 4 is 28.5 Å². The van der Waals surface area contributed by atoms with Gasteiger partial charge < -0.3 is 19.3 Å². The largest absolute Gasteiger partial charge is 0.372 e. The standard InChI is InChI=1S/C19H26N4O3S/c1-4-22(5-2)15-8-6-14(7-9-15)16-25-10-19(11-26-16)17(24)23-13-21(3)12-20-18(23)27-19/h6-9,16H,4-5,10-13H2,1-3H3/p+1. The van der Waals surface area contributed by atoms with Gasteiger partial charge in [0.25, 0.3) is 5.91 Å². The summed E-state index contributed by atoms with van der Waals surface area (Å²) in [6.45, 7) is 8.29. The Morgan fingerprint density at radius 1 is 1.26 bits per heavy atom. The summed E-state index contributed by atoms with van der Waals surface area (Å²) < 4.78 is 11.3. The number of anilines is 1. The van der Waals surface area contributed by atoms with Crippen LogP contribution in [0, 0.1) is 0 Å². The lowest BCUT2D eigenvalue weighted by Crippen LogP contribution is -3.11. The molecule has 0 bridgehead atoms. The molecule has 146 valence electrons. The van der Waals surface area contributed by atoms with Crippen molar-refractivity contribution < 1.29 is 19.2 Å². The molecule has 4 rings (SSSR count). The van der Waals surface area contributed by atoms with Crippen molar-refractivity contribution in [2.75, 3.05) is 51.6 Å². The van der Waals surface area contributed by atoms with Crippen LogP contribution in [0.25, 0.3) is 0 Å². The maximum absolute atomic E-state index is 12.9. The predicted octanol–water partition coefficient (Wildman–Crippen LogP) is 0.692. The second kappa shape index (κ2) is 7.43. The van der Waals surface area contributed by atoms with Crippen LogP contribution in [-0.4, -0.2) is 67.4 Å². The zero-order chi connectivity index (χ0) is 19.0. The number of aliphatic imine (C=N–C) groups is 1. The molecular weight excluding hydrogens is 364 g/mol. The minimum absolute atomic E-state index is 0.0561. The van der Waals surface area contributed by atoms with Gasteiger partial charge in [0.15, 0.2) is 24.8 Å². The first-order chi connectivity index (χ1) is 13.1. The molecule has 0 aromatic heterocycles. The highest BCUT2D eigenvalue weighted by molar-refractivity contribution is 8.16. The fourth-order valence-corrected chi connectivity index (χ4v) is 4.89. The summed E-state index contributed by atoms with van der Waals surface area (Å²) in [7, 11) is 2.04. The first kappa shape index (κ1) is 18.7. The van der Waals surface area contributed by atoms with E-state index in [9.17, 15) is 4.79 Å². The molecule has 8 heteroatoms. The van der Waals surface area contributed by atoms with Crippen LogP contribution in [-0.2, 0) is 14.3 Å². The Balaban J connectivity index is 1.43. The molecule has 0 saturated carbocycles. The van der Waals surface area contributed by atoms with Crippen LogP contribution in [0.3, 0.4) is 0 Å². The number of quaternary nitrogens is 1. The van der Waals surface area contributed by atoms with E-state index in [1.165, 1.54) is 22.3 Å². The molecular formula is C19H27N4O3S+. The highest BCUT2D eigenvalue weighted by Crippen LogP contribution is 2.42. The summed E-state index contributed by atoms with van der Waals surface area (Å²) >= 11 is 1.49. The molecule has 3 aliphatic heterocycles. The average Bonchev–Trinajstić information content (AvgIpc) is 2.96. The van der Waals surface area contributed by atoms with E-state index in [0.29, 0.717) is 26.6 Å². The van der Waals surface area contributed by atoms with Crippen LogP contribution < -0.4 is 9.80 Å². The molecule has 1 aromatic carbocycles. The van der Waals surface area contributed by atoms with E-state index in [1.807, 2.05) is 19.2 Å². The number of thioether (sulfide) groups is 1. The van der Waals surface area contributed by atoms with Gasteiger partial charge in [-0.1, -0.05) is 23.9 Å². The number of rotatable bonds is 4. The van der Waals surface area contributed by atoms with Gasteiger partial charge in [-0.15, -0.1) is 0 Å². The number of amides is 1. The Hall–Kier alpha value is -1.61. The Morgan fingerprint density at radius 3 is 2.56 bits per heavy atom. The van der Waals surface area contributed by atoms with E-state index in [1.54, 1.807) is 4.90 Å². The zero-order valence-corrected chi connectivity index (χ0v) is 16.9. The van der Waals surface area contributed by atoms with Gasteiger partial charge in [-0.25, -0.2) is 9.89 Å². The summed E-state index contributed by atoms with van der Waals surface area (Å²) in [6, 6.07) is 8.29. The monoisotopic (exact) mass is 391 g/mol. The Morgan fingerprint density at radius 2 is 1.93 bits per heavy atom. The van der Waals surface area contributed by atoms with Crippen LogP contribution in [0.2, 0.25) is 0 Å². The molecule has 3 aliphatic rings. The number of nitrogens with one attached hydrogen (secondary N) is 1. The highest BCUT2D eigenvalue weighted by Gasteiger charge is 2.56. The first-order valence-corrected chi connectivity index (χ1v) is 10.3. The Kier molecular flexibility index (Phi) is 5.15. The second-order valence-electron chi connectivity index (χ2n) is 7.26. The third-order valence-electron chi connectivity index (χ3n) is 5.29. The molecule has 2 fully saturated rings. The van der Waals surface area contributed by atoms with Gasteiger partial charge in [-0.05, 0) is 26.0 Å². The van der Waals surface area contributed by atoms with Crippen molar-refractivity contribution in [3.8, 4) is 0 Å². The average molecular weight is 392 g/mol. The van der Waals surface area contributed by atoms with Crippen molar-refractivity contribution in [2.24, 2.45) is 4.99 Å². The molecule has 7 nitrogen and oxygen atoms in total. The summed E-state index contributed by atoms with van der Waals surface area (Å²) in [6.07, 6.45) is -0.428. The Bertz CT molecular complexity index is 727. The number of carbonyl (C=O) groups excluding carboxylic acids is 1. The maximum atomic E-state index is 12.9. The van der Waals surface area contributed by atoms with Crippen LogP contribution in [0.1, 0.15) is 25.7 Å². The fourth-order valence-electron chi connectivity index (χ4n) is 3.70. The number of amidine groups is 1. The number of nitrogens with zero attached hydrogens (tertiary/aromatic N) is 3. The van der Waals surface area contributed by atoms with Crippen molar-refractivity contribution in [1.82, 2.24) is 4.90 Å². The van der Waals surface area contributed by atoms with Crippen molar-refractivity contribution in [1.29, 1.82) is 0 Å². The van der Waals surface area contributed by atoms with Gasteiger partial charge in [-0.3, -0.25) is 4.79 Å². The number of ether oxygens (including phenoxy) is 2. The van der Waals surface area contributed by atoms with Crippen molar-refractivity contribution in [3.63, 3.8) is 0 Å². The normalized spacial score (nSPS) is 30.4. The number of fused-ring (bicyclic) bond motifs is 1. The molecule has 1 N–H and O–H groups in total. The summed E-state index contributed by atoms with van der Waals surface area (Å²) in [4.78, 5) is 22.7. The molecule has 1 atom stereocenters. The molecule has 0 aliphatic carbocycles. The molecule has 1 amide bonds. The molecule has 2 saturated heterocycles. The van der Waals surface area contributed by atoms with E-state index in [0.717, 1.165) is 23.8 Å². The molecule has 1 unspecified atom stereocenters. The van der Waals surface area contributed by atoms with E-state index >= 15 is 0 Å². The van der Waals surface area contributed by atoms with Crippen molar-refractivity contribution in [3.05, 3.63) is 29.8 Å². The third kappa shape index (κ3) is 3.35. The number of carbonyl (C=O) groups is 1. The van der Waals surface area contributed by atoms with Gasteiger partial charge >= 0.3 is 0 Å². The van der Waals surface area contributed by atoms with Gasteiger partial charge in [0, 0.05) is 24.3 Å². The molecule has 1 aromatic rings. The minimum Gasteiger partial charge on any atom is -0.372 e. The molecule has 0 radical (unpaired) electrons. The molecule has 3 heterocycles. The van der Waals surface area contributed by atoms with E-state index in [2.05, 4.69) is 35.9 Å². The Labute approximate surface area is 164 Å². The highest BCUT2D eigenvalue weighted by atomic mass is 32.2. The lowest BCUT2D eigenvalue weighted by molar-refractivity contribution is -0.888. The van der Waals surface area contributed by atoms with Gasteiger partial charge in [0.1, 0.15) is 4.75 Å². The second-order valence-corrected chi connectivity index (χ2v) is 8.61. The van der Waals surface area contributed by atoms with E-state index in [4.69, 9.17) is 9.47 Å². The molecule has 1 spiro atoms. The summed E-state index contributed by atoms with van der Waals surface area (Å²) in [5.41, 5.74) is 2.18. The van der Waals surface area contributed by atoms with Crippen molar-refractivity contribution in [2.45, 2.75) is 24.9 Å². The fraction of sp³-hybridized carbons (Fsp3) is 0.579. The van der Waals surface area contributed by atoms with E-state index < -0.39 is 11.0 Å². The topological polar surface area (TPSA) is 58.8 Å². The van der Waals surface area contributed by atoms with Gasteiger partial charge in [0.2, 0.25) is 0 Å². The van der Waals surface area contributed by atoms with Gasteiger partial charge in [-0.2, -0.15) is 0 Å². The summed E-state index contributed by atoms with van der Waals surface area (Å²) in [5.74, 6) is 0.0561. The maximum Gasteiger partial charge on any atom is 0.254 e. The lowest BCUT2D eigenvalue weighted by atomic mass is 10.1. The number of benzene rings is 1. The summed E-state index contributed by atoms with van der Waals surface area (Å²) in [5, 5.41) is 0.805. The smallest absolute Gasteiger partial charge is 0.254 e. The van der Waals surface area contributed by atoms with Crippen LogP contribution in [0.15, 0.2) is 29.3 Å². The van der Waals surface area contributed by atoms with Gasteiger partial charge in [0.05, 0.1) is 20.3 Å². The lowest BCUT2D eigenvalue weighted by Gasteiger charge is -2.34.